The summed E-state index contributed by atoms with van der Waals surface area (Å²) < 4.78 is 28.9. The fourth-order valence-electron chi connectivity index (χ4n) is 0.754. The Labute approximate surface area is 81.3 Å². The van der Waals surface area contributed by atoms with Gasteiger partial charge in [0, 0.05) is 12.8 Å². The van der Waals surface area contributed by atoms with E-state index in [0.717, 1.165) is 0 Å². The van der Waals surface area contributed by atoms with Crippen LogP contribution in [0.3, 0.4) is 0 Å². The molecule has 0 saturated heterocycles. The second-order valence-corrected chi connectivity index (χ2v) is 4.61. The predicted octanol–water partition coefficient (Wildman–Crippen LogP) is -1.22. The van der Waals surface area contributed by atoms with Crippen molar-refractivity contribution in [2.75, 3.05) is 5.75 Å². The van der Waals surface area contributed by atoms with E-state index in [2.05, 4.69) is 0 Å². The summed E-state index contributed by atoms with van der Waals surface area (Å²) in [5.41, 5.74) is 3.31. The van der Waals surface area contributed by atoms with Crippen molar-refractivity contribution in [3.05, 3.63) is 0 Å². The van der Waals surface area contributed by atoms with E-state index >= 15 is 0 Å². The van der Waals surface area contributed by atoms with E-state index in [0.29, 0.717) is 0 Å². The Morgan fingerprint density at radius 3 is 2.21 bits per heavy atom. The zero-order valence-corrected chi connectivity index (χ0v) is 8.20. The molecule has 0 fully saturated rings. The monoisotopic (exact) mass is 227 g/mol. The highest BCUT2D eigenvalue weighted by molar-refractivity contribution is 7.85. The standard InChI is InChI=1S/C6H13NO6S/c7-6(10,2-1-5(8)9)3-4-14(11,12)13/h10H,1-4,7H2,(H,8,9)(H,11,12,13). The minimum atomic E-state index is -4.18. The van der Waals surface area contributed by atoms with Gasteiger partial charge < -0.3 is 15.9 Å². The van der Waals surface area contributed by atoms with Crippen LogP contribution in [0.2, 0.25) is 0 Å². The number of carbonyl (C=O) groups is 1. The number of rotatable bonds is 6. The largest absolute Gasteiger partial charge is 0.481 e. The molecule has 1 unspecified atom stereocenters. The van der Waals surface area contributed by atoms with Gasteiger partial charge in [-0.1, -0.05) is 0 Å². The molecule has 0 amide bonds. The van der Waals surface area contributed by atoms with Crippen LogP contribution in [0.25, 0.3) is 0 Å². The molecule has 0 aliphatic rings. The predicted molar refractivity (Wildman–Crippen MR) is 47.0 cm³/mol. The molecule has 0 aromatic rings. The van der Waals surface area contributed by atoms with Crippen LogP contribution in [0.1, 0.15) is 19.3 Å². The second kappa shape index (κ2) is 4.69. The number of carboxylic acids is 1. The summed E-state index contributed by atoms with van der Waals surface area (Å²) in [5, 5.41) is 17.5. The number of nitrogens with two attached hydrogens (primary N) is 1. The van der Waals surface area contributed by atoms with E-state index in [4.69, 9.17) is 15.4 Å². The Bertz CT molecular complexity index is 295. The normalized spacial score (nSPS) is 16.2. The van der Waals surface area contributed by atoms with E-state index in [9.17, 15) is 18.3 Å². The lowest BCUT2D eigenvalue weighted by atomic mass is 10.1. The molecule has 5 N–H and O–H groups in total. The highest BCUT2D eigenvalue weighted by Gasteiger charge is 2.24. The summed E-state index contributed by atoms with van der Waals surface area (Å²) >= 11 is 0. The molecule has 0 heterocycles. The molecular formula is C6H13NO6S. The third-order valence-corrected chi connectivity index (χ3v) is 2.28. The van der Waals surface area contributed by atoms with E-state index in [-0.39, 0.29) is 12.8 Å². The smallest absolute Gasteiger partial charge is 0.303 e. The highest BCUT2D eigenvalue weighted by Crippen LogP contribution is 2.11. The minimum Gasteiger partial charge on any atom is -0.481 e. The van der Waals surface area contributed by atoms with E-state index in [1.54, 1.807) is 0 Å². The van der Waals surface area contributed by atoms with Crippen LogP contribution >= 0.6 is 0 Å². The molecule has 0 bridgehead atoms. The molecule has 84 valence electrons. The van der Waals surface area contributed by atoms with Crippen LogP contribution in [0.15, 0.2) is 0 Å². The number of aliphatic carboxylic acids is 1. The fraction of sp³-hybridized carbons (Fsp3) is 0.833. The zero-order chi connectivity index (χ0) is 11.4. The van der Waals surface area contributed by atoms with Gasteiger partial charge in [0.15, 0.2) is 0 Å². The lowest BCUT2D eigenvalue weighted by Gasteiger charge is -2.21. The van der Waals surface area contributed by atoms with Gasteiger partial charge in [-0.2, -0.15) is 8.42 Å². The van der Waals surface area contributed by atoms with Gasteiger partial charge in [-0.05, 0) is 6.42 Å². The van der Waals surface area contributed by atoms with Crippen molar-refractivity contribution in [1.29, 1.82) is 0 Å². The highest BCUT2D eigenvalue weighted by atomic mass is 32.2. The molecule has 0 aromatic heterocycles. The third-order valence-electron chi connectivity index (χ3n) is 1.56. The Balaban J connectivity index is 4.01. The maximum atomic E-state index is 10.3. The van der Waals surface area contributed by atoms with Crippen LogP contribution in [-0.2, 0) is 14.9 Å². The Hall–Kier alpha value is -0.700. The first kappa shape index (κ1) is 13.3. The summed E-state index contributed by atoms with van der Waals surface area (Å²) in [6.07, 6.45) is -1.03. The minimum absolute atomic E-state index is 0.266. The van der Waals surface area contributed by atoms with Crippen molar-refractivity contribution in [2.45, 2.75) is 25.0 Å². The lowest BCUT2D eigenvalue weighted by Crippen LogP contribution is -2.41. The first-order valence-electron chi connectivity index (χ1n) is 3.81. The molecule has 0 saturated carbocycles. The Morgan fingerprint density at radius 1 is 1.36 bits per heavy atom. The molecule has 8 heteroatoms. The molecule has 0 aliphatic carbocycles. The van der Waals surface area contributed by atoms with Crippen molar-refractivity contribution < 1.29 is 28.0 Å². The van der Waals surface area contributed by atoms with Gasteiger partial charge in [0.25, 0.3) is 10.1 Å². The van der Waals surface area contributed by atoms with Crippen molar-refractivity contribution in [2.24, 2.45) is 5.73 Å². The van der Waals surface area contributed by atoms with Crippen molar-refractivity contribution in [1.82, 2.24) is 0 Å². The number of carboxylic acid groups (broad SMARTS) is 1. The number of hydrogen-bond donors (Lipinski definition) is 4. The molecular weight excluding hydrogens is 214 g/mol. The first-order valence-corrected chi connectivity index (χ1v) is 5.41. The number of hydrogen-bond acceptors (Lipinski definition) is 5. The summed E-state index contributed by atoms with van der Waals surface area (Å²) in [5.74, 6) is -1.83. The van der Waals surface area contributed by atoms with Gasteiger partial charge in [0.1, 0.15) is 5.72 Å². The van der Waals surface area contributed by atoms with Crippen LogP contribution in [0.4, 0.5) is 0 Å². The third kappa shape index (κ3) is 7.92. The first-order chi connectivity index (χ1) is 6.12. The Morgan fingerprint density at radius 2 is 1.86 bits per heavy atom. The van der Waals surface area contributed by atoms with Crippen LogP contribution in [-0.4, -0.2) is 40.6 Å². The average Bonchev–Trinajstić information content (AvgIpc) is 1.97. The molecule has 7 nitrogen and oxygen atoms in total. The van der Waals surface area contributed by atoms with Gasteiger partial charge in [-0.25, -0.2) is 0 Å². The summed E-state index contributed by atoms with van der Waals surface area (Å²) in [4.78, 5) is 10.1. The van der Waals surface area contributed by atoms with Crippen molar-refractivity contribution >= 4 is 16.1 Å². The molecule has 0 rings (SSSR count). The Kier molecular flexibility index (Phi) is 4.46. The molecule has 1 atom stereocenters. The maximum absolute atomic E-state index is 10.3. The van der Waals surface area contributed by atoms with Gasteiger partial charge >= 0.3 is 5.97 Å². The lowest BCUT2D eigenvalue weighted by molar-refractivity contribution is -0.138. The number of aliphatic hydroxyl groups is 1. The van der Waals surface area contributed by atoms with Crippen LogP contribution in [0, 0.1) is 0 Å². The SMILES string of the molecule is NC(O)(CCC(=O)O)CCS(=O)(=O)O. The fourth-order valence-corrected chi connectivity index (χ4v) is 1.37. The summed E-state index contributed by atoms with van der Waals surface area (Å²) in [6, 6.07) is 0. The van der Waals surface area contributed by atoms with Crippen LogP contribution in [0.5, 0.6) is 0 Å². The van der Waals surface area contributed by atoms with Gasteiger partial charge in [0.05, 0.1) is 5.75 Å². The molecule has 0 radical (unpaired) electrons. The zero-order valence-electron chi connectivity index (χ0n) is 7.38. The summed E-state index contributed by atoms with van der Waals surface area (Å²) in [7, 11) is -4.18. The molecule has 0 aromatic carbocycles. The van der Waals surface area contributed by atoms with Crippen LogP contribution < -0.4 is 5.73 Å². The van der Waals surface area contributed by atoms with Gasteiger partial charge in [-0.3, -0.25) is 9.35 Å². The molecule has 0 aliphatic heterocycles. The van der Waals surface area contributed by atoms with Gasteiger partial charge in [-0.15, -0.1) is 0 Å². The van der Waals surface area contributed by atoms with Gasteiger partial charge in [0.2, 0.25) is 0 Å². The molecule has 0 spiro atoms. The summed E-state index contributed by atoms with van der Waals surface area (Å²) in [6.45, 7) is 0. The van der Waals surface area contributed by atoms with Crippen molar-refractivity contribution in [3.63, 3.8) is 0 Å². The average molecular weight is 227 g/mol. The van der Waals surface area contributed by atoms with E-state index in [1.807, 2.05) is 0 Å². The quantitative estimate of drug-likeness (QED) is 0.329. The van der Waals surface area contributed by atoms with Crippen molar-refractivity contribution in [3.8, 4) is 0 Å². The van der Waals surface area contributed by atoms with E-state index < -0.39 is 34.0 Å². The second-order valence-electron chi connectivity index (χ2n) is 3.03. The molecule has 14 heavy (non-hydrogen) atoms. The maximum Gasteiger partial charge on any atom is 0.303 e. The van der Waals surface area contributed by atoms with E-state index in [1.165, 1.54) is 0 Å². The topological polar surface area (TPSA) is 138 Å².